The van der Waals surface area contributed by atoms with Crippen LogP contribution >= 0.6 is 22.6 Å². The molecule has 16 heavy (non-hydrogen) atoms. The lowest BCUT2D eigenvalue weighted by atomic mass is 10.1. The molecule has 0 aromatic heterocycles. The fraction of sp³-hybridized carbons (Fsp3) is 0.182. The minimum Gasteiger partial charge on any atom is -0.465 e. The van der Waals surface area contributed by atoms with Crippen molar-refractivity contribution in [2.24, 2.45) is 0 Å². The van der Waals surface area contributed by atoms with Crippen LogP contribution in [0.5, 0.6) is 0 Å². The summed E-state index contributed by atoms with van der Waals surface area (Å²) >= 11 is 1.48. The van der Waals surface area contributed by atoms with E-state index in [4.69, 9.17) is 0 Å². The number of allylic oxidation sites excluding steroid dienone is 1. The highest BCUT2D eigenvalue weighted by molar-refractivity contribution is 14.1. The Hall–Kier alpha value is -0.980. The van der Waals surface area contributed by atoms with Gasteiger partial charge in [-0.05, 0) is 34.7 Å². The van der Waals surface area contributed by atoms with Crippen LogP contribution in [0.25, 0.3) is 0 Å². The van der Waals surface area contributed by atoms with Gasteiger partial charge in [-0.25, -0.2) is 4.79 Å². The predicted octanol–water partition coefficient (Wildman–Crippen LogP) is 3.51. The van der Waals surface area contributed by atoms with Gasteiger partial charge >= 0.3 is 11.9 Å². The van der Waals surface area contributed by atoms with Crippen LogP contribution in [0.2, 0.25) is 0 Å². The normalized spacial score (nSPS) is 11.0. The average Bonchev–Trinajstić information content (AvgIpc) is 2.28. The quantitative estimate of drug-likeness (QED) is 0.623. The Labute approximate surface area is 105 Å². The summed E-state index contributed by atoms with van der Waals surface area (Å²) in [6.07, 6.45) is 0. The molecule has 0 fully saturated rings. The van der Waals surface area contributed by atoms with Gasteiger partial charge in [0.1, 0.15) is 0 Å². The summed E-state index contributed by atoms with van der Waals surface area (Å²) in [5.41, 5.74) is 0.0423. The molecule has 0 saturated heterocycles. The molecular weight excluding hydrogens is 329 g/mol. The molecule has 1 aromatic rings. The number of rotatable bonds is 3. The van der Waals surface area contributed by atoms with Crippen molar-refractivity contribution in [3.8, 4) is 0 Å². The number of alkyl halides is 2. The highest BCUT2D eigenvalue weighted by Crippen LogP contribution is 2.38. The number of halogens is 3. The fourth-order valence-electron chi connectivity index (χ4n) is 1.09. The summed E-state index contributed by atoms with van der Waals surface area (Å²) in [6.45, 7) is 3.22. The van der Waals surface area contributed by atoms with Gasteiger partial charge in [-0.3, -0.25) is 0 Å². The van der Waals surface area contributed by atoms with E-state index in [1.165, 1.54) is 54.0 Å². The van der Waals surface area contributed by atoms with E-state index in [9.17, 15) is 13.6 Å². The average molecular weight is 338 g/mol. The molecule has 0 aliphatic rings. The molecule has 0 amide bonds. The molecule has 0 aliphatic heterocycles. The number of carbonyl (C=O) groups is 1. The minimum atomic E-state index is -3.09. The number of benzene rings is 1. The van der Waals surface area contributed by atoms with Crippen molar-refractivity contribution in [1.29, 1.82) is 0 Å². The molecule has 0 bridgehead atoms. The summed E-state index contributed by atoms with van der Waals surface area (Å²) in [5, 5.41) is 0. The van der Waals surface area contributed by atoms with E-state index in [0.717, 1.165) is 0 Å². The number of carbonyl (C=O) groups excluding carboxylic acids is 1. The molecule has 86 valence electrons. The first kappa shape index (κ1) is 13.1. The maximum atomic E-state index is 13.5. The van der Waals surface area contributed by atoms with Gasteiger partial charge in [-0.2, -0.15) is 8.78 Å². The molecule has 0 radical (unpaired) electrons. The largest absolute Gasteiger partial charge is 0.465 e. The zero-order chi connectivity index (χ0) is 12.3. The first-order chi connectivity index (χ1) is 7.39. The second-order valence-electron chi connectivity index (χ2n) is 3.05. The molecule has 0 unspecified atom stereocenters. The number of esters is 1. The third kappa shape index (κ3) is 2.58. The van der Waals surface area contributed by atoms with Gasteiger partial charge < -0.3 is 4.74 Å². The number of ether oxygens (including phenoxy) is 1. The summed E-state index contributed by atoms with van der Waals surface area (Å²) in [6, 6.07) is 4.98. The van der Waals surface area contributed by atoms with Crippen molar-refractivity contribution in [3.05, 3.63) is 45.6 Å². The van der Waals surface area contributed by atoms with Gasteiger partial charge in [0.15, 0.2) is 0 Å². The molecule has 0 heterocycles. The van der Waals surface area contributed by atoms with E-state index in [0.29, 0.717) is 0 Å². The Morgan fingerprint density at radius 2 is 1.88 bits per heavy atom. The standard InChI is InChI=1S/C11H9F2IO2/c1-7(14)11(12,13)9-5-3-8(4-6-9)10(15)16-2/h3-6H,1H2,2H3. The van der Waals surface area contributed by atoms with Crippen LogP contribution in [0.1, 0.15) is 15.9 Å². The van der Waals surface area contributed by atoms with Crippen LogP contribution in [0.15, 0.2) is 34.4 Å². The van der Waals surface area contributed by atoms with Gasteiger partial charge in [0.05, 0.1) is 16.3 Å². The van der Waals surface area contributed by atoms with Gasteiger partial charge in [0.2, 0.25) is 0 Å². The molecule has 0 spiro atoms. The van der Waals surface area contributed by atoms with E-state index in [1.807, 2.05) is 0 Å². The first-order valence-electron chi connectivity index (χ1n) is 4.31. The molecule has 1 rings (SSSR count). The maximum Gasteiger partial charge on any atom is 0.337 e. The topological polar surface area (TPSA) is 26.3 Å². The third-order valence-electron chi connectivity index (χ3n) is 2.01. The molecular formula is C11H9F2IO2. The molecule has 0 N–H and O–H groups in total. The molecule has 2 nitrogen and oxygen atoms in total. The predicted molar refractivity (Wildman–Crippen MR) is 64.8 cm³/mol. The van der Waals surface area contributed by atoms with Gasteiger partial charge in [-0.15, -0.1) is 0 Å². The van der Waals surface area contributed by atoms with E-state index in [1.54, 1.807) is 0 Å². The lowest BCUT2D eigenvalue weighted by Gasteiger charge is -2.15. The highest BCUT2D eigenvalue weighted by Gasteiger charge is 2.33. The number of hydrogen-bond acceptors (Lipinski definition) is 2. The zero-order valence-electron chi connectivity index (χ0n) is 8.47. The summed E-state index contributed by atoms with van der Waals surface area (Å²) < 4.78 is 31.1. The minimum absolute atomic E-state index is 0.195. The lowest BCUT2D eigenvalue weighted by molar-refractivity contribution is 0.0499. The second kappa shape index (κ2) is 4.90. The van der Waals surface area contributed by atoms with Crippen LogP contribution in [0.3, 0.4) is 0 Å². The van der Waals surface area contributed by atoms with E-state index >= 15 is 0 Å². The summed E-state index contributed by atoms with van der Waals surface area (Å²) in [4.78, 5) is 11.1. The number of hydrogen-bond donors (Lipinski definition) is 0. The highest BCUT2D eigenvalue weighted by atomic mass is 127. The van der Waals surface area contributed by atoms with Gasteiger partial charge in [0.25, 0.3) is 0 Å². The van der Waals surface area contributed by atoms with E-state index in [2.05, 4.69) is 11.3 Å². The molecule has 0 aliphatic carbocycles. The maximum absolute atomic E-state index is 13.5. The fourth-order valence-corrected chi connectivity index (χ4v) is 1.40. The van der Waals surface area contributed by atoms with Crippen LogP contribution in [-0.2, 0) is 10.7 Å². The number of methoxy groups -OCH3 is 1. The van der Waals surface area contributed by atoms with Crippen molar-refractivity contribution >= 4 is 28.6 Å². The van der Waals surface area contributed by atoms with Crippen molar-refractivity contribution < 1.29 is 18.3 Å². The SMILES string of the molecule is C=C(I)C(F)(F)c1ccc(C(=O)OC)cc1. The Balaban J connectivity index is 3.04. The van der Waals surface area contributed by atoms with E-state index < -0.39 is 11.9 Å². The molecule has 0 atom stereocenters. The summed E-state index contributed by atoms with van der Waals surface area (Å²) in [5.74, 6) is -3.64. The Morgan fingerprint density at radius 3 is 2.25 bits per heavy atom. The van der Waals surface area contributed by atoms with Crippen molar-refractivity contribution in [3.63, 3.8) is 0 Å². The molecule has 1 aromatic carbocycles. The Morgan fingerprint density at radius 1 is 1.38 bits per heavy atom. The zero-order valence-corrected chi connectivity index (χ0v) is 10.6. The van der Waals surface area contributed by atoms with Crippen LogP contribution in [-0.4, -0.2) is 13.1 Å². The van der Waals surface area contributed by atoms with Crippen LogP contribution < -0.4 is 0 Å². The van der Waals surface area contributed by atoms with Crippen LogP contribution in [0, 0.1) is 0 Å². The molecule has 0 saturated carbocycles. The Bertz CT molecular complexity index is 412. The second-order valence-corrected chi connectivity index (χ2v) is 4.35. The van der Waals surface area contributed by atoms with Crippen molar-refractivity contribution in [1.82, 2.24) is 0 Å². The first-order valence-corrected chi connectivity index (χ1v) is 5.39. The van der Waals surface area contributed by atoms with Gasteiger partial charge in [0, 0.05) is 5.56 Å². The van der Waals surface area contributed by atoms with Crippen molar-refractivity contribution in [2.45, 2.75) is 5.92 Å². The van der Waals surface area contributed by atoms with Crippen LogP contribution in [0.4, 0.5) is 8.78 Å². The Kier molecular flexibility index (Phi) is 4.01. The van der Waals surface area contributed by atoms with E-state index in [-0.39, 0.29) is 14.7 Å². The van der Waals surface area contributed by atoms with Gasteiger partial charge in [-0.1, -0.05) is 18.7 Å². The molecule has 5 heteroatoms. The third-order valence-corrected chi connectivity index (χ3v) is 2.69. The smallest absolute Gasteiger partial charge is 0.337 e. The van der Waals surface area contributed by atoms with Crippen molar-refractivity contribution in [2.75, 3.05) is 7.11 Å². The lowest BCUT2D eigenvalue weighted by Crippen LogP contribution is -2.13. The monoisotopic (exact) mass is 338 g/mol. The summed E-state index contributed by atoms with van der Waals surface area (Å²) in [7, 11) is 1.23.